The molecular formula is C22H24N2O7S. The summed E-state index contributed by atoms with van der Waals surface area (Å²) in [5.41, 5.74) is 1.11. The predicted molar refractivity (Wildman–Crippen MR) is 118 cm³/mol. The number of nitrogens with one attached hydrogen (secondary N) is 1. The topological polar surface area (TPSA) is 103 Å². The van der Waals surface area contributed by atoms with Gasteiger partial charge in [0.15, 0.2) is 11.5 Å². The van der Waals surface area contributed by atoms with Crippen LogP contribution < -0.4 is 19.5 Å². The van der Waals surface area contributed by atoms with Crippen LogP contribution in [0.5, 0.6) is 17.2 Å². The maximum absolute atomic E-state index is 13.1. The Kier molecular flexibility index (Phi) is 6.63. The van der Waals surface area contributed by atoms with Gasteiger partial charge in [0.05, 0.1) is 20.3 Å². The van der Waals surface area contributed by atoms with E-state index in [0.29, 0.717) is 49.2 Å². The van der Waals surface area contributed by atoms with Gasteiger partial charge in [0, 0.05) is 30.9 Å². The van der Waals surface area contributed by atoms with Crippen LogP contribution in [0.25, 0.3) is 6.08 Å². The van der Waals surface area contributed by atoms with Gasteiger partial charge in [0.25, 0.3) is 0 Å². The van der Waals surface area contributed by atoms with Crippen molar-refractivity contribution in [2.24, 2.45) is 0 Å². The first-order valence-corrected chi connectivity index (χ1v) is 11.6. The van der Waals surface area contributed by atoms with Gasteiger partial charge >= 0.3 is 0 Å². The number of amides is 1. The summed E-state index contributed by atoms with van der Waals surface area (Å²) < 4.78 is 49.0. The Balaban J connectivity index is 1.50. The van der Waals surface area contributed by atoms with Crippen LogP contribution in [0.4, 0.5) is 5.69 Å². The smallest absolute Gasteiger partial charge is 0.248 e. The van der Waals surface area contributed by atoms with E-state index in [-0.39, 0.29) is 29.6 Å². The number of carbonyl (C=O) groups excluding carboxylic acids is 1. The van der Waals surface area contributed by atoms with Crippen molar-refractivity contribution in [3.8, 4) is 17.2 Å². The lowest BCUT2D eigenvalue weighted by Gasteiger charge is -2.26. The van der Waals surface area contributed by atoms with E-state index in [4.69, 9.17) is 18.9 Å². The van der Waals surface area contributed by atoms with Gasteiger partial charge in [0.1, 0.15) is 23.9 Å². The minimum atomic E-state index is -3.76. The summed E-state index contributed by atoms with van der Waals surface area (Å²) >= 11 is 0. The highest BCUT2D eigenvalue weighted by Gasteiger charge is 2.29. The Hall–Kier alpha value is -3.08. The van der Waals surface area contributed by atoms with Gasteiger partial charge in [0.2, 0.25) is 15.9 Å². The van der Waals surface area contributed by atoms with E-state index < -0.39 is 10.0 Å². The largest absolute Gasteiger partial charge is 0.495 e. The predicted octanol–water partition coefficient (Wildman–Crippen LogP) is 2.14. The van der Waals surface area contributed by atoms with E-state index in [1.807, 2.05) is 0 Å². The molecule has 170 valence electrons. The Labute approximate surface area is 186 Å². The zero-order valence-corrected chi connectivity index (χ0v) is 18.4. The van der Waals surface area contributed by atoms with Gasteiger partial charge in [-0.25, -0.2) is 8.42 Å². The molecule has 9 nitrogen and oxygen atoms in total. The second-order valence-corrected chi connectivity index (χ2v) is 9.01. The van der Waals surface area contributed by atoms with Crippen molar-refractivity contribution in [2.75, 3.05) is 51.9 Å². The average molecular weight is 461 g/mol. The van der Waals surface area contributed by atoms with E-state index in [9.17, 15) is 13.2 Å². The SMILES string of the molecule is COc1ccc(C=CC(=O)Nc2ccc3c(c2)OCCO3)cc1S(=O)(=O)N1CCOCC1. The van der Waals surface area contributed by atoms with Crippen molar-refractivity contribution >= 4 is 27.7 Å². The van der Waals surface area contributed by atoms with Gasteiger partial charge in [-0.15, -0.1) is 0 Å². The summed E-state index contributed by atoms with van der Waals surface area (Å²) in [5.74, 6) is 1.09. The summed E-state index contributed by atoms with van der Waals surface area (Å²) in [4.78, 5) is 12.4. The summed E-state index contributed by atoms with van der Waals surface area (Å²) in [7, 11) is -2.33. The van der Waals surface area contributed by atoms with E-state index in [2.05, 4.69) is 5.32 Å². The number of hydrogen-bond acceptors (Lipinski definition) is 7. The fraction of sp³-hybridized carbons (Fsp3) is 0.318. The van der Waals surface area contributed by atoms with Crippen LogP contribution in [-0.4, -0.2) is 65.3 Å². The molecule has 4 rings (SSSR count). The highest BCUT2D eigenvalue weighted by molar-refractivity contribution is 7.89. The van der Waals surface area contributed by atoms with Crippen molar-refractivity contribution in [3.63, 3.8) is 0 Å². The highest BCUT2D eigenvalue weighted by atomic mass is 32.2. The fourth-order valence-electron chi connectivity index (χ4n) is 3.40. The molecule has 0 saturated carbocycles. The Morgan fingerprint density at radius 2 is 1.78 bits per heavy atom. The molecule has 1 amide bonds. The molecule has 0 radical (unpaired) electrons. The van der Waals surface area contributed by atoms with Crippen molar-refractivity contribution in [2.45, 2.75) is 4.90 Å². The van der Waals surface area contributed by atoms with Crippen LogP contribution >= 0.6 is 0 Å². The Bertz CT molecular complexity index is 1130. The molecule has 2 aliphatic heterocycles. The van der Waals surface area contributed by atoms with Crippen LogP contribution in [0.2, 0.25) is 0 Å². The number of methoxy groups -OCH3 is 1. The van der Waals surface area contributed by atoms with Crippen LogP contribution in [0, 0.1) is 0 Å². The molecule has 32 heavy (non-hydrogen) atoms. The molecule has 0 unspecified atom stereocenters. The summed E-state index contributed by atoms with van der Waals surface area (Å²) in [6.07, 6.45) is 2.88. The van der Waals surface area contributed by atoms with Gasteiger partial charge in [-0.2, -0.15) is 4.31 Å². The van der Waals surface area contributed by atoms with Crippen molar-refractivity contribution in [1.29, 1.82) is 0 Å². The third-order valence-electron chi connectivity index (χ3n) is 5.01. The number of anilines is 1. The fourth-order valence-corrected chi connectivity index (χ4v) is 5.00. The number of benzene rings is 2. The number of nitrogens with zero attached hydrogens (tertiary/aromatic N) is 1. The lowest BCUT2D eigenvalue weighted by Crippen LogP contribution is -2.40. The first kappa shape index (κ1) is 22.1. The summed E-state index contributed by atoms with van der Waals surface area (Å²) in [6, 6.07) is 9.91. The number of ether oxygens (including phenoxy) is 4. The molecule has 2 aliphatic rings. The van der Waals surface area contributed by atoms with Crippen LogP contribution in [0.3, 0.4) is 0 Å². The third kappa shape index (κ3) is 4.87. The van der Waals surface area contributed by atoms with Crippen molar-refractivity contribution in [1.82, 2.24) is 4.31 Å². The molecule has 10 heteroatoms. The molecule has 0 aromatic heterocycles. The lowest BCUT2D eigenvalue weighted by molar-refractivity contribution is -0.111. The standard InChI is InChI=1S/C22H24N2O7S/c1-28-19-5-2-16(14-21(19)32(26,27)24-8-10-29-11-9-24)3-7-22(25)23-17-4-6-18-20(15-17)31-13-12-30-18/h2-7,14-15H,8-13H2,1H3,(H,23,25). The molecule has 2 aromatic carbocycles. The normalized spacial score (nSPS) is 16.7. The van der Waals surface area contributed by atoms with E-state index >= 15 is 0 Å². The zero-order valence-electron chi connectivity index (χ0n) is 17.6. The average Bonchev–Trinajstić information content (AvgIpc) is 2.83. The maximum atomic E-state index is 13.1. The van der Waals surface area contributed by atoms with E-state index in [1.165, 1.54) is 23.6 Å². The zero-order chi connectivity index (χ0) is 22.6. The van der Waals surface area contributed by atoms with E-state index in [0.717, 1.165) is 0 Å². The Morgan fingerprint density at radius 1 is 1.03 bits per heavy atom. The number of carbonyl (C=O) groups is 1. The Morgan fingerprint density at radius 3 is 2.53 bits per heavy atom. The van der Waals surface area contributed by atoms with E-state index in [1.54, 1.807) is 36.4 Å². The molecule has 1 fully saturated rings. The van der Waals surface area contributed by atoms with Crippen molar-refractivity contribution in [3.05, 3.63) is 48.0 Å². The first-order chi connectivity index (χ1) is 15.5. The molecule has 1 N–H and O–H groups in total. The quantitative estimate of drug-likeness (QED) is 0.659. The number of hydrogen-bond donors (Lipinski definition) is 1. The van der Waals surface area contributed by atoms with Crippen molar-refractivity contribution < 1.29 is 32.2 Å². The molecule has 0 aliphatic carbocycles. The molecular weight excluding hydrogens is 436 g/mol. The van der Waals surface area contributed by atoms with Gasteiger partial charge < -0.3 is 24.3 Å². The lowest BCUT2D eigenvalue weighted by atomic mass is 10.2. The minimum Gasteiger partial charge on any atom is -0.495 e. The minimum absolute atomic E-state index is 0.0521. The molecule has 2 heterocycles. The number of sulfonamides is 1. The summed E-state index contributed by atoms with van der Waals surface area (Å²) in [5, 5.41) is 2.76. The third-order valence-corrected chi connectivity index (χ3v) is 6.93. The van der Waals surface area contributed by atoms with Gasteiger partial charge in [-0.05, 0) is 35.9 Å². The molecule has 2 aromatic rings. The second kappa shape index (κ2) is 9.60. The highest BCUT2D eigenvalue weighted by Crippen LogP contribution is 2.32. The number of morpholine rings is 1. The molecule has 1 saturated heterocycles. The van der Waals surface area contributed by atoms with Crippen LogP contribution in [0.15, 0.2) is 47.4 Å². The molecule has 0 spiro atoms. The number of rotatable bonds is 6. The van der Waals surface area contributed by atoms with Gasteiger partial charge in [-0.3, -0.25) is 4.79 Å². The molecule has 0 bridgehead atoms. The van der Waals surface area contributed by atoms with Crippen LogP contribution in [-0.2, 0) is 19.6 Å². The maximum Gasteiger partial charge on any atom is 0.248 e. The summed E-state index contributed by atoms with van der Waals surface area (Å²) in [6.45, 7) is 2.21. The monoisotopic (exact) mass is 460 g/mol. The van der Waals surface area contributed by atoms with Gasteiger partial charge in [-0.1, -0.05) is 6.07 Å². The number of fused-ring (bicyclic) bond motifs is 1. The van der Waals surface area contributed by atoms with Crippen LogP contribution in [0.1, 0.15) is 5.56 Å². The first-order valence-electron chi connectivity index (χ1n) is 10.1. The second-order valence-electron chi connectivity index (χ2n) is 7.11. The molecule has 0 atom stereocenters.